The summed E-state index contributed by atoms with van der Waals surface area (Å²) in [6.45, 7) is 9.17. The van der Waals surface area contributed by atoms with Gasteiger partial charge in [-0.05, 0) is 46.8 Å². The van der Waals surface area contributed by atoms with Crippen molar-refractivity contribution in [2.75, 3.05) is 5.32 Å². The van der Waals surface area contributed by atoms with Crippen LogP contribution in [-0.4, -0.2) is 25.7 Å². The first-order valence-electron chi connectivity index (χ1n) is 8.29. The Kier molecular flexibility index (Phi) is 4.46. The summed E-state index contributed by atoms with van der Waals surface area (Å²) in [5.74, 6) is 0.462. The lowest BCUT2D eigenvalue weighted by molar-refractivity contribution is 0.102. The molecule has 2 aromatic heterocycles. The molecule has 0 fully saturated rings. The highest BCUT2D eigenvalue weighted by Gasteiger charge is 2.15. The molecule has 0 saturated carbocycles. The molecule has 3 aromatic rings. The van der Waals surface area contributed by atoms with E-state index >= 15 is 0 Å². The Morgan fingerprint density at radius 3 is 2.31 bits per heavy atom. The fourth-order valence-corrected chi connectivity index (χ4v) is 2.77. The predicted octanol–water partition coefficient (Wildman–Crippen LogP) is 2.75. The molecule has 0 spiro atoms. The van der Waals surface area contributed by atoms with Gasteiger partial charge < -0.3 is 5.32 Å². The number of aromatic amines is 1. The summed E-state index contributed by atoms with van der Waals surface area (Å²) in [6.07, 6.45) is 0. The van der Waals surface area contributed by atoms with E-state index in [2.05, 4.69) is 20.4 Å². The van der Waals surface area contributed by atoms with Crippen LogP contribution in [0, 0.1) is 34.6 Å². The van der Waals surface area contributed by atoms with Crippen LogP contribution in [0.4, 0.5) is 5.82 Å². The number of hydrogen-bond acceptors (Lipinski definition) is 4. The number of aromatic nitrogens is 4. The van der Waals surface area contributed by atoms with Gasteiger partial charge >= 0.3 is 0 Å². The van der Waals surface area contributed by atoms with Crippen LogP contribution in [0.25, 0.3) is 5.95 Å². The molecule has 1 amide bonds. The van der Waals surface area contributed by atoms with Crippen molar-refractivity contribution in [3.05, 3.63) is 68.3 Å². The van der Waals surface area contributed by atoms with Crippen molar-refractivity contribution >= 4 is 11.7 Å². The van der Waals surface area contributed by atoms with E-state index in [9.17, 15) is 9.59 Å². The second-order valence-corrected chi connectivity index (χ2v) is 6.51. The molecule has 0 aliphatic rings. The second-order valence-electron chi connectivity index (χ2n) is 6.51. The van der Waals surface area contributed by atoms with Crippen LogP contribution in [0.15, 0.2) is 29.1 Å². The summed E-state index contributed by atoms with van der Waals surface area (Å²) in [5.41, 5.74) is 4.23. The van der Waals surface area contributed by atoms with Crippen molar-refractivity contribution in [2.24, 2.45) is 0 Å². The molecular formula is C19H21N5O2. The maximum atomic E-state index is 12.7. The van der Waals surface area contributed by atoms with Gasteiger partial charge in [0.2, 0.25) is 5.95 Å². The zero-order valence-corrected chi connectivity index (χ0v) is 15.5. The third-order valence-corrected chi connectivity index (χ3v) is 4.14. The quantitative estimate of drug-likeness (QED) is 0.759. The van der Waals surface area contributed by atoms with E-state index < -0.39 is 0 Å². The van der Waals surface area contributed by atoms with Gasteiger partial charge in [0, 0.05) is 22.9 Å². The Balaban J connectivity index is 2.00. The molecule has 134 valence electrons. The summed E-state index contributed by atoms with van der Waals surface area (Å²) in [7, 11) is 0. The maximum absolute atomic E-state index is 12.7. The summed E-state index contributed by atoms with van der Waals surface area (Å²) in [5, 5.41) is 7.20. The highest BCUT2D eigenvalue weighted by molar-refractivity contribution is 6.04. The van der Waals surface area contributed by atoms with E-state index in [-0.39, 0.29) is 17.4 Å². The number of hydrogen-bond donors (Lipinski definition) is 2. The Morgan fingerprint density at radius 1 is 1.04 bits per heavy atom. The van der Waals surface area contributed by atoms with Gasteiger partial charge in [-0.2, -0.15) is 9.78 Å². The van der Waals surface area contributed by atoms with Crippen LogP contribution in [0.1, 0.15) is 38.4 Å². The number of nitrogens with one attached hydrogen (secondary N) is 2. The molecule has 3 rings (SSSR count). The first-order valence-corrected chi connectivity index (χ1v) is 8.29. The van der Waals surface area contributed by atoms with Crippen molar-refractivity contribution in [1.29, 1.82) is 0 Å². The first kappa shape index (κ1) is 17.6. The topological polar surface area (TPSA) is 92.7 Å². The first-order chi connectivity index (χ1) is 12.2. The van der Waals surface area contributed by atoms with E-state index in [0.29, 0.717) is 28.3 Å². The lowest BCUT2D eigenvalue weighted by Crippen LogP contribution is -2.21. The van der Waals surface area contributed by atoms with Crippen LogP contribution in [-0.2, 0) is 0 Å². The van der Waals surface area contributed by atoms with Gasteiger partial charge in [0.15, 0.2) is 0 Å². The zero-order chi connectivity index (χ0) is 19.0. The maximum Gasteiger partial charge on any atom is 0.256 e. The summed E-state index contributed by atoms with van der Waals surface area (Å²) in [6, 6.07) is 7.39. The SMILES string of the molecule is Cc1cc(C)cc(C(=O)Nc2cc(C)nn2-c2nc(C)c(C)c(=O)[nH]2)c1. The van der Waals surface area contributed by atoms with Gasteiger partial charge in [-0.15, -0.1) is 0 Å². The Hall–Kier alpha value is -3.22. The van der Waals surface area contributed by atoms with Crippen LogP contribution >= 0.6 is 0 Å². The predicted molar refractivity (Wildman–Crippen MR) is 100 cm³/mol. The van der Waals surface area contributed by atoms with E-state index in [1.54, 1.807) is 19.9 Å². The van der Waals surface area contributed by atoms with E-state index in [0.717, 1.165) is 11.1 Å². The number of amides is 1. The van der Waals surface area contributed by atoms with Gasteiger partial charge in [-0.25, -0.2) is 4.98 Å². The second kappa shape index (κ2) is 6.59. The third kappa shape index (κ3) is 3.42. The third-order valence-electron chi connectivity index (χ3n) is 4.14. The largest absolute Gasteiger partial charge is 0.306 e. The van der Waals surface area contributed by atoms with Crippen molar-refractivity contribution in [3.63, 3.8) is 0 Å². The molecule has 0 saturated heterocycles. The zero-order valence-electron chi connectivity index (χ0n) is 15.5. The summed E-state index contributed by atoms with van der Waals surface area (Å²) >= 11 is 0. The number of H-pyrrole nitrogens is 1. The highest BCUT2D eigenvalue weighted by Crippen LogP contribution is 2.17. The average molecular weight is 351 g/mol. The van der Waals surface area contributed by atoms with Crippen LogP contribution in [0.3, 0.4) is 0 Å². The molecule has 0 unspecified atom stereocenters. The lowest BCUT2D eigenvalue weighted by atomic mass is 10.1. The Labute approximate surface area is 151 Å². The number of benzene rings is 1. The molecule has 1 aromatic carbocycles. The van der Waals surface area contributed by atoms with Crippen molar-refractivity contribution < 1.29 is 4.79 Å². The van der Waals surface area contributed by atoms with Crippen molar-refractivity contribution in [2.45, 2.75) is 34.6 Å². The van der Waals surface area contributed by atoms with Gasteiger partial charge in [-0.3, -0.25) is 14.6 Å². The smallest absolute Gasteiger partial charge is 0.256 e. The molecule has 7 nitrogen and oxygen atoms in total. The molecule has 0 radical (unpaired) electrons. The minimum Gasteiger partial charge on any atom is -0.306 e. The molecular weight excluding hydrogens is 330 g/mol. The van der Waals surface area contributed by atoms with E-state index in [4.69, 9.17) is 0 Å². The highest BCUT2D eigenvalue weighted by atomic mass is 16.1. The van der Waals surface area contributed by atoms with Gasteiger partial charge in [0.1, 0.15) is 5.82 Å². The Bertz CT molecular complexity index is 1040. The van der Waals surface area contributed by atoms with Gasteiger partial charge in [0.05, 0.1) is 5.69 Å². The fraction of sp³-hybridized carbons (Fsp3) is 0.263. The van der Waals surface area contributed by atoms with Gasteiger partial charge in [-0.1, -0.05) is 17.2 Å². The molecule has 0 aliphatic carbocycles. The van der Waals surface area contributed by atoms with Crippen LogP contribution < -0.4 is 10.9 Å². The average Bonchev–Trinajstić information content (AvgIpc) is 2.91. The van der Waals surface area contributed by atoms with Crippen molar-refractivity contribution in [3.8, 4) is 5.95 Å². The number of rotatable bonds is 3. The molecule has 2 N–H and O–H groups in total. The van der Waals surface area contributed by atoms with E-state index in [1.165, 1.54) is 4.68 Å². The molecule has 7 heteroatoms. The monoisotopic (exact) mass is 351 g/mol. The summed E-state index contributed by atoms with van der Waals surface area (Å²) in [4.78, 5) is 31.8. The van der Waals surface area contributed by atoms with Crippen LogP contribution in [0.2, 0.25) is 0 Å². The van der Waals surface area contributed by atoms with E-state index in [1.807, 2.05) is 39.0 Å². The number of nitrogens with zero attached hydrogens (tertiary/aromatic N) is 3. The molecule has 2 heterocycles. The number of carbonyl (C=O) groups is 1. The molecule has 0 aliphatic heterocycles. The lowest BCUT2D eigenvalue weighted by Gasteiger charge is -2.10. The van der Waals surface area contributed by atoms with Gasteiger partial charge in [0.25, 0.3) is 11.5 Å². The number of aryl methyl sites for hydroxylation is 4. The minimum absolute atomic E-state index is 0.229. The molecule has 26 heavy (non-hydrogen) atoms. The number of anilines is 1. The van der Waals surface area contributed by atoms with Crippen molar-refractivity contribution in [1.82, 2.24) is 19.7 Å². The minimum atomic E-state index is -0.246. The van der Waals surface area contributed by atoms with Crippen LogP contribution in [0.5, 0.6) is 0 Å². The molecule has 0 bridgehead atoms. The Morgan fingerprint density at radius 2 is 1.69 bits per heavy atom. The standard InChI is InChI=1S/C19H21N5O2/c1-10-6-11(2)8-15(7-10)18(26)21-16-9-12(3)23-24(16)19-20-14(5)13(4)17(25)22-19/h6-9H,1-5H3,(H,21,26)(H,20,22,25). The summed E-state index contributed by atoms with van der Waals surface area (Å²) < 4.78 is 1.43. The normalized spacial score (nSPS) is 10.8. The fourth-order valence-electron chi connectivity index (χ4n) is 2.77. The molecule has 0 atom stereocenters. The number of carbonyl (C=O) groups excluding carboxylic acids is 1.